The Labute approximate surface area is 72.4 Å². The number of halogens is 2. The molecule has 0 heterocycles. The van der Waals surface area contributed by atoms with Crippen LogP contribution in [0.5, 0.6) is 0 Å². The van der Waals surface area contributed by atoms with Crippen molar-refractivity contribution < 1.29 is 8.78 Å². The first-order valence-corrected chi connectivity index (χ1v) is 4.42. The highest BCUT2D eigenvalue weighted by atomic mass is 19.3. The lowest BCUT2D eigenvalue weighted by molar-refractivity contribution is 0.133. The van der Waals surface area contributed by atoms with Gasteiger partial charge in [-0.15, -0.1) is 0 Å². The molecule has 70 valence electrons. The molecular weight excluding hydrogens is 160 g/mol. The standard InChI is InChI=1S/C9H15F2N/c10-9(11)7-5-3-1-2-4-6-8-12/h9H,1-7H2. The van der Waals surface area contributed by atoms with E-state index in [0.717, 1.165) is 25.7 Å². The van der Waals surface area contributed by atoms with E-state index in [9.17, 15) is 8.78 Å². The van der Waals surface area contributed by atoms with Crippen LogP contribution in [0, 0.1) is 11.3 Å². The van der Waals surface area contributed by atoms with Gasteiger partial charge in [-0.3, -0.25) is 0 Å². The molecule has 0 fully saturated rings. The number of hydrogen-bond donors (Lipinski definition) is 0. The molecule has 0 aliphatic rings. The van der Waals surface area contributed by atoms with Crippen LogP contribution in [0.2, 0.25) is 0 Å². The molecule has 0 saturated heterocycles. The lowest BCUT2D eigenvalue weighted by atomic mass is 10.1. The largest absolute Gasteiger partial charge is 0.238 e. The summed E-state index contributed by atoms with van der Waals surface area (Å²) < 4.78 is 23.2. The SMILES string of the molecule is N#CCCCCCCCC(F)F. The monoisotopic (exact) mass is 175 g/mol. The van der Waals surface area contributed by atoms with E-state index in [4.69, 9.17) is 5.26 Å². The summed E-state index contributed by atoms with van der Waals surface area (Å²) in [5.74, 6) is 0. The van der Waals surface area contributed by atoms with Gasteiger partial charge in [0.15, 0.2) is 0 Å². The molecule has 0 saturated carbocycles. The van der Waals surface area contributed by atoms with Gasteiger partial charge in [0.1, 0.15) is 0 Å². The molecule has 1 nitrogen and oxygen atoms in total. The van der Waals surface area contributed by atoms with E-state index in [1.165, 1.54) is 0 Å². The number of unbranched alkanes of at least 4 members (excludes halogenated alkanes) is 5. The summed E-state index contributed by atoms with van der Waals surface area (Å²) in [5.41, 5.74) is 0. The Balaban J connectivity index is 2.87. The molecule has 0 aromatic rings. The number of hydrogen-bond acceptors (Lipinski definition) is 1. The minimum absolute atomic E-state index is 0.0260. The second-order valence-electron chi connectivity index (χ2n) is 2.86. The van der Waals surface area contributed by atoms with Crippen LogP contribution in [0.25, 0.3) is 0 Å². The van der Waals surface area contributed by atoms with Crippen molar-refractivity contribution >= 4 is 0 Å². The van der Waals surface area contributed by atoms with Gasteiger partial charge < -0.3 is 0 Å². The average Bonchev–Trinajstić information content (AvgIpc) is 2.02. The first-order valence-electron chi connectivity index (χ1n) is 4.42. The van der Waals surface area contributed by atoms with Crippen molar-refractivity contribution in [2.75, 3.05) is 0 Å². The Morgan fingerprint density at radius 2 is 1.58 bits per heavy atom. The van der Waals surface area contributed by atoms with Crippen molar-refractivity contribution in [3.05, 3.63) is 0 Å². The first-order chi connectivity index (χ1) is 5.77. The Hall–Kier alpha value is -0.650. The van der Waals surface area contributed by atoms with Crippen molar-refractivity contribution in [1.82, 2.24) is 0 Å². The fourth-order valence-corrected chi connectivity index (χ4v) is 1.03. The van der Waals surface area contributed by atoms with Crippen molar-refractivity contribution in [3.8, 4) is 6.07 Å². The molecular formula is C9H15F2N. The maximum atomic E-state index is 11.6. The van der Waals surface area contributed by atoms with Crippen molar-refractivity contribution in [2.24, 2.45) is 0 Å². The average molecular weight is 175 g/mol. The predicted molar refractivity (Wildman–Crippen MR) is 43.9 cm³/mol. The predicted octanol–water partition coefficient (Wildman–Crippen LogP) is 3.51. The van der Waals surface area contributed by atoms with Gasteiger partial charge in [-0.25, -0.2) is 8.78 Å². The summed E-state index contributed by atoms with van der Waals surface area (Å²) in [4.78, 5) is 0. The molecule has 12 heavy (non-hydrogen) atoms. The van der Waals surface area contributed by atoms with Gasteiger partial charge >= 0.3 is 0 Å². The molecule has 0 N–H and O–H groups in total. The minimum atomic E-state index is -2.15. The van der Waals surface area contributed by atoms with Crippen LogP contribution in [0.3, 0.4) is 0 Å². The highest BCUT2D eigenvalue weighted by Gasteiger charge is 2.00. The summed E-state index contributed by atoms with van der Waals surface area (Å²) in [6.45, 7) is 0. The first kappa shape index (κ1) is 11.4. The smallest absolute Gasteiger partial charge is 0.211 e. The van der Waals surface area contributed by atoms with E-state index < -0.39 is 6.43 Å². The summed E-state index contributed by atoms with van der Waals surface area (Å²) in [5, 5.41) is 8.19. The van der Waals surface area contributed by atoms with Crippen LogP contribution in [0.4, 0.5) is 8.78 Å². The summed E-state index contributed by atoms with van der Waals surface area (Å²) in [6.07, 6.45) is 2.84. The number of rotatable bonds is 7. The molecule has 0 aromatic heterocycles. The summed E-state index contributed by atoms with van der Waals surface area (Å²) >= 11 is 0. The van der Waals surface area contributed by atoms with Crippen LogP contribution in [0.15, 0.2) is 0 Å². The van der Waals surface area contributed by atoms with E-state index in [1.54, 1.807) is 0 Å². The molecule has 0 bridgehead atoms. The third kappa shape index (κ3) is 9.35. The molecule has 0 spiro atoms. The van der Waals surface area contributed by atoms with Crippen molar-refractivity contribution in [3.63, 3.8) is 0 Å². The van der Waals surface area contributed by atoms with Gasteiger partial charge in [-0.2, -0.15) is 5.26 Å². The zero-order chi connectivity index (χ0) is 9.23. The van der Waals surface area contributed by atoms with Crippen molar-refractivity contribution in [1.29, 1.82) is 5.26 Å². The van der Waals surface area contributed by atoms with E-state index in [2.05, 4.69) is 6.07 Å². The summed E-state index contributed by atoms with van der Waals surface area (Å²) in [7, 11) is 0. The molecule has 0 atom stereocenters. The molecule has 0 unspecified atom stereocenters. The molecule has 3 heteroatoms. The van der Waals surface area contributed by atoms with Gasteiger partial charge in [-0.1, -0.05) is 19.3 Å². The molecule has 0 radical (unpaired) electrons. The Morgan fingerprint density at radius 1 is 1.00 bits per heavy atom. The normalized spacial score (nSPS) is 10.2. The molecule has 0 aliphatic heterocycles. The van der Waals surface area contributed by atoms with Gasteiger partial charge in [0.05, 0.1) is 6.07 Å². The zero-order valence-corrected chi connectivity index (χ0v) is 7.23. The van der Waals surface area contributed by atoms with Crippen LogP contribution in [0.1, 0.15) is 44.9 Å². The van der Waals surface area contributed by atoms with E-state index in [0.29, 0.717) is 12.8 Å². The fraction of sp³-hybridized carbons (Fsp3) is 0.889. The zero-order valence-electron chi connectivity index (χ0n) is 7.23. The van der Waals surface area contributed by atoms with E-state index in [1.807, 2.05) is 0 Å². The minimum Gasteiger partial charge on any atom is -0.211 e. The number of nitrogens with zero attached hydrogens (tertiary/aromatic N) is 1. The highest BCUT2D eigenvalue weighted by Crippen LogP contribution is 2.10. The highest BCUT2D eigenvalue weighted by molar-refractivity contribution is 4.67. The van der Waals surface area contributed by atoms with Crippen LogP contribution in [-0.4, -0.2) is 6.43 Å². The lowest BCUT2D eigenvalue weighted by Gasteiger charge is -1.98. The Morgan fingerprint density at radius 3 is 2.17 bits per heavy atom. The second kappa shape index (κ2) is 8.45. The third-order valence-corrected chi connectivity index (χ3v) is 1.71. The van der Waals surface area contributed by atoms with Crippen LogP contribution < -0.4 is 0 Å². The molecule has 0 aromatic carbocycles. The Bertz CT molecular complexity index is 129. The maximum absolute atomic E-state index is 11.6. The van der Waals surface area contributed by atoms with Gasteiger partial charge in [0.25, 0.3) is 0 Å². The topological polar surface area (TPSA) is 23.8 Å². The number of nitriles is 1. The molecule has 0 rings (SSSR count). The van der Waals surface area contributed by atoms with Crippen LogP contribution in [-0.2, 0) is 0 Å². The fourth-order valence-electron chi connectivity index (χ4n) is 1.03. The van der Waals surface area contributed by atoms with E-state index >= 15 is 0 Å². The van der Waals surface area contributed by atoms with E-state index in [-0.39, 0.29) is 6.42 Å². The van der Waals surface area contributed by atoms with Gasteiger partial charge in [0.2, 0.25) is 6.43 Å². The molecule has 0 amide bonds. The van der Waals surface area contributed by atoms with Gasteiger partial charge in [0, 0.05) is 12.8 Å². The second-order valence-corrected chi connectivity index (χ2v) is 2.86. The molecule has 0 aliphatic carbocycles. The third-order valence-electron chi connectivity index (χ3n) is 1.71. The summed E-state index contributed by atoms with van der Waals surface area (Å²) in [6, 6.07) is 2.06. The number of alkyl halides is 2. The Kier molecular flexibility index (Phi) is 7.99. The quantitative estimate of drug-likeness (QED) is 0.543. The maximum Gasteiger partial charge on any atom is 0.238 e. The van der Waals surface area contributed by atoms with Crippen molar-refractivity contribution in [2.45, 2.75) is 51.4 Å². The van der Waals surface area contributed by atoms with Gasteiger partial charge in [-0.05, 0) is 12.8 Å². The van der Waals surface area contributed by atoms with Crippen LogP contribution >= 0.6 is 0 Å². The lowest BCUT2D eigenvalue weighted by Crippen LogP contribution is -1.89.